The zero-order chi connectivity index (χ0) is 8.27. The van der Waals surface area contributed by atoms with E-state index < -0.39 is 0 Å². The zero-order valence-corrected chi connectivity index (χ0v) is 10.3. The molecule has 0 aromatic heterocycles. The van der Waals surface area contributed by atoms with Crippen LogP contribution in [0.15, 0.2) is 18.2 Å². The van der Waals surface area contributed by atoms with Crippen molar-refractivity contribution in [1.82, 2.24) is 0 Å². The first-order valence-corrected chi connectivity index (χ1v) is 6.19. The first-order chi connectivity index (χ1) is 5.27. The van der Waals surface area contributed by atoms with E-state index in [-0.39, 0.29) is 0 Å². The van der Waals surface area contributed by atoms with Gasteiger partial charge in [-0.25, -0.2) is 0 Å². The summed E-state index contributed by atoms with van der Waals surface area (Å²) in [5.74, 6) is 0. The average molecular weight is 345 g/mol. The lowest BCUT2D eigenvalue weighted by Gasteiger charge is -2.03. The van der Waals surface area contributed by atoms with Gasteiger partial charge in [0.25, 0.3) is 0 Å². The fraction of sp³-hybridized carbons (Fsp3) is 0.250. The summed E-state index contributed by atoms with van der Waals surface area (Å²) in [4.78, 5) is 0. The summed E-state index contributed by atoms with van der Waals surface area (Å²) >= 11 is 11.6. The molecular formula is C8H7BrClI. The molecule has 0 spiro atoms. The van der Waals surface area contributed by atoms with Gasteiger partial charge in [-0.05, 0) is 23.3 Å². The topological polar surface area (TPSA) is 0 Å². The number of rotatable bonds is 2. The first kappa shape index (κ1) is 9.81. The van der Waals surface area contributed by atoms with Crippen LogP contribution in [0.5, 0.6) is 0 Å². The molecule has 0 nitrogen and oxygen atoms in total. The second-order valence-electron chi connectivity index (χ2n) is 2.18. The Balaban J connectivity index is 3.06. The molecular weight excluding hydrogens is 338 g/mol. The standard InChI is InChI=1S/C8H7BrClI/c9-4-6-1-2-8(10)3-7(6)5-11/h1-3H,4-5H2. The second kappa shape index (κ2) is 4.67. The van der Waals surface area contributed by atoms with Crippen molar-refractivity contribution in [1.29, 1.82) is 0 Å². The van der Waals surface area contributed by atoms with Crippen molar-refractivity contribution in [3.63, 3.8) is 0 Å². The molecule has 0 atom stereocenters. The van der Waals surface area contributed by atoms with Gasteiger partial charge in [-0.15, -0.1) is 0 Å². The number of benzene rings is 1. The van der Waals surface area contributed by atoms with E-state index in [2.05, 4.69) is 44.6 Å². The van der Waals surface area contributed by atoms with Crippen LogP contribution in [0.2, 0.25) is 5.02 Å². The zero-order valence-electron chi connectivity index (χ0n) is 5.78. The molecule has 0 saturated heterocycles. The maximum atomic E-state index is 5.83. The van der Waals surface area contributed by atoms with Crippen LogP contribution in [0.1, 0.15) is 11.1 Å². The molecule has 1 aromatic carbocycles. The molecule has 3 heteroatoms. The SMILES string of the molecule is Clc1ccc(CBr)c(CI)c1. The van der Waals surface area contributed by atoms with Gasteiger partial charge in [0.2, 0.25) is 0 Å². The maximum Gasteiger partial charge on any atom is 0.0409 e. The molecule has 1 rings (SSSR count). The predicted octanol–water partition coefficient (Wildman–Crippen LogP) is 4.17. The smallest absolute Gasteiger partial charge is 0.0409 e. The molecule has 60 valence electrons. The molecule has 0 heterocycles. The molecule has 0 N–H and O–H groups in total. The van der Waals surface area contributed by atoms with Crippen molar-refractivity contribution in [3.05, 3.63) is 34.3 Å². The third-order valence-corrected chi connectivity index (χ3v) is 3.12. The van der Waals surface area contributed by atoms with Gasteiger partial charge in [-0.2, -0.15) is 0 Å². The lowest BCUT2D eigenvalue weighted by molar-refractivity contribution is 1.31. The van der Waals surface area contributed by atoms with Crippen LogP contribution in [0.4, 0.5) is 0 Å². The first-order valence-electron chi connectivity index (χ1n) is 3.17. The molecule has 1 aromatic rings. The molecule has 0 saturated carbocycles. The third-order valence-electron chi connectivity index (χ3n) is 1.46. The van der Waals surface area contributed by atoms with E-state index in [0.717, 1.165) is 14.8 Å². The Morgan fingerprint density at radius 2 is 2.09 bits per heavy atom. The molecule has 0 bridgehead atoms. The van der Waals surface area contributed by atoms with E-state index >= 15 is 0 Å². The van der Waals surface area contributed by atoms with Crippen molar-refractivity contribution in [2.75, 3.05) is 0 Å². The highest BCUT2D eigenvalue weighted by molar-refractivity contribution is 14.1. The van der Waals surface area contributed by atoms with Gasteiger partial charge in [0.15, 0.2) is 0 Å². The normalized spacial score (nSPS) is 10.1. The monoisotopic (exact) mass is 344 g/mol. The molecule has 0 radical (unpaired) electrons. The Labute approximate surface area is 93.6 Å². The fourth-order valence-corrected chi connectivity index (χ4v) is 2.30. The lowest BCUT2D eigenvalue weighted by atomic mass is 10.1. The van der Waals surface area contributed by atoms with Crippen molar-refractivity contribution >= 4 is 50.1 Å². The molecule has 0 aliphatic rings. The van der Waals surface area contributed by atoms with Gasteiger partial charge in [-0.3, -0.25) is 0 Å². The van der Waals surface area contributed by atoms with Crippen LogP contribution in [0, 0.1) is 0 Å². The lowest BCUT2D eigenvalue weighted by Crippen LogP contribution is -1.86. The molecule has 0 amide bonds. The van der Waals surface area contributed by atoms with Gasteiger partial charge < -0.3 is 0 Å². The number of hydrogen-bond acceptors (Lipinski definition) is 0. The van der Waals surface area contributed by atoms with Crippen molar-refractivity contribution in [3.8, 4) is 0 Å². The van der Waals surface area contributed by atoms with E-state index in [9.17, 15) is 0 Å². The fourth-order valence-electron chi connectivity index (χ4n) is 0.849. The Kier molecular flexibility index (Phi) is 4.17. The highest BCUT2D eigenvalue weighted by Crippen LogP contribution is 2.20. The van der Waals surface area contributed by atoms with E-state index in [0.29, 0.717) is 0 Å². The number of hydrogen-bond donors (Lipinski definition) is 0. The largest absolute Gasteiger partial charge is 0.0876 e. The number of halogens is 3. The average Bonchev–Trinajstić information content (AvgIpc) is 2.04. The van der Waals surface area contributed by atoms with Gasteiger partial charge in [0.1, 0.15) is 0 Å². The minimum absolute atomic E-state index is 0.821. The van der Waals surface area contributed by atoms with Crippen LogP contribution in [0.25, 0.3) is 0 Å². The van der Waals surface area contributed by atoms with E-state index in [1.807, 2.05) is 12.1 Å². The minimum atomic E-state index is 0.821. The molecule has 0 aliphatic carbocycles. The molecule has 0 fully saturated rings. The van der Waals surface area contributed by atoms with E-state index in [1.54, 1.807) is 0 Å². The third kappa shape index (κ3) is 2.60. The van der Waals surface area contributed by atoms with Crippen molar-refractivity contribution in [2.24, 2.45) is 0 Å². The summed E-state index contributed by atoms with van der Waals surface area (Å²) in [5, 5.41) is 1.73. The summed E-state index contributed by atoms with van der Waals surface area (Å²) in [6, 6.07) is 6.00. The van der Waals surface area contributed by atoms with E-state index in [1.165, 1.54) is 11.1 Å². The second-order valence-corrected chi connectivity index (χ2v) is 3.94. The summed E-state index contributed by atoms with van der Waals surface area (Å²) in [6.07, 6.45) is 0. The number of alkyl halides is 2. The van der Waals surface area contributed by atoms with Crippen molar-refractivity contribution in [2.45, 2.75) is 9.76 Å². The summed E-state index contributed by atoms with van der Waals surface area (Å²) in [6.45, 7) is 0. The predicted molar refractivity (Wildman–Crippen MR) is 61.8 cm³/mol. The minimum Gasteiger partial charge on any atom is -0.0876 e. The van der Waals surface area contributed by atoms with Crippen LogP contribution in [0.3, 0.4) is 0 Å². The Morgan fingerprint density at radius 1 is 1.36 bits per heavy atom. The van der Waals surface area contributed by atoms with Gasteiger partial charge in [0.05, 0.1) is 0 Å². The quantitative estimate of drug-likeness (QED) is 0.557. The van der Waals surface area contributed by atoms with E-state index in [4.69, 9.17) is 11.6 Å². The molecule has 0 aliphatic heterocycles. The van der Waals surface area contributed by atoms with Gasteiger partial charge >= 0.3 is 0 Å². The van der Waals surface area contributed by atoms with Crippen LogP contribution in [-0.4, -0.2) is 0 Å². The van der Waals surface area contributed by atoms with Crippen LogP contribution >= 0.6 is 50.1 Å². The molecule has 11 heavy (non-hydrogen) atoms. The van der Waals surface area contributed by atoms with Crippen molar-refractivity contribution < 1.29 is 0 Å². The maximum absolute atomic E-state index is 5.83. The van der Waals surface area contributed by atoms with Gasteiger partial charge in [-0.1, -0.05) is 56.2 Å². The summed E-state index contributed by atoms with van der Waals surface area (Å²) in [5.41, 5.74) is 2.64. The van der Waals surface area contributed by atoms with Crippen LogP contribution in [-0.2, 0) is 9.76 Å². The Hall–Kier alpha value is 0.720. The summed E-state index contributed by atoms with van der Waals surface area (Å²) in [7, 11) is 0. The Morgan fingerprint density at radius 3 is 2.64 bits per heavy atom. The summed E-state index contributed by atoms with van der Waals surface area (Å²) < 4.78 is 1.01. The van der Waals surface area contributed by atoms with Crippen LogP contribution < -0.4 is 0 Å². The molecule has 0 unspecified atom stereocenters. The van der Waals surface area contributed by atoms with Gasteiger partial charge in [0, 0.05) is 14.8 Å². The highest BCUT2D eigenvalue weighted by Gasteiger charge is 1.99. The highest BCUT2D eigenvalue weighted by atomic mass is 127. The Bertz CT molecular complexity index is 250.